The zero-order chi connectivity index (χ0) is 18.7. The van der Waals surface area contributed by atoms with Gasteiger partial charge in [-0.2, -0.15) is 0 Å². The van der Waals surface area contributed by atoms with Gasteiger partial charge in [0.2, 0.25) is 0 Å². The molecule has 0 bridgehead atoms. The van der Waals surface area contributed by atoms with Crippen LogP contribution >= 0.6 is 27.5 Å². The summed E-state index contributed by atoms with van der Waals surface area (Å²) in [5.41, 5.74) is 1.65. The fraction of sp³-hybridized carbons (Fsp3) is 0.316. The minimum Gasteiger partial charge on any atom is -0.492 e. The predicted octanol–water partition coefficient (Wildman–Crippen LogP) is 4.84. The Bertz CT molecular complexity index is 827. The van der Waals surface area contributed by atoms with Gasteiger partial charge in [0.25, 0.3) is 5.91 Å². The van der Waals surface area contributed by atoms with Crippen LogP contribution in [0.15, 0.2) is 34.8 Å². The molecule has 1 aliphatic rings. The molecule has 1 N–H and O–H groups in total. The lowest BCUT2D eigenvalue weighted by atomic mass is 10.1. The summed E-state index contributed by atoms with van der Waals surface area (Å²) in [5.74, 6) is 1.53. The summed E-state index contributed by atoms with van der Waals surface area (Å²) < 4.78 is 17.8. The molecule has 1 aliphatic heterocycles. The van der Waals surface area contributed by atoms with Crippen molar-refractivity contribution in [2.75, 3.05) is 18.5 Å². The van der Waals surface area contributed by atoms with Gasteiger partial charge in [0, 0.05) is 22.5 Å². The first-order chi connectivity index (χ1) is 12.5. The van der Waals surface area contributed by atoms with E-state index in [4.69, 9.17) is 25.8 Å². The average Bonchev–Trinajstić information content (AvgIpc) is 2.93. The Kier molecular flexibility index (Phi) is 5.94. The van der Waals surface area contributed by atoms with Crippen molar-refractivity contribution in [2.24, 2.45) is 0 Å². The zero-order valence-corrected chi connectivity index (χ0v) is 16.8. The second-order valence-electron chi connectivity index (χ2n) is 5.93. The van der Waals surface area contributed by atoms with Crippen molar-refractivity contribution in [1.82, 2.24) is 0 Å². The first-order valence-electron chi connectivity index (χ1n) is 8.30. The number of rotatable bonds is 6. The number of nitrogens with one attached hydrogen (secondary N) is 1. The van der Waals surface area contributed by atoms with Crippen molar-refractivity contribution < 1.29 is 19.0 Å². The largest absolute Gasteiger partial charge is 0.492 e. The Morgan fingerprint density at radius 2 is 2.12 bits per heavy atom. The number of carbonyl (C=O) groups excluding carboxylic acids is 1. The molecule has 0 radical (unpaired) electrons. The number of fused-ring (bicyclic) bond motifs is 1. The van der Waals surface area contributed by atoms with E-state index in [2.05, 4.69) is 21.2 Å². The molecule has 1 heterocycles. The molecule has 138 valence electrons. The van der Waals surface area contributed by atoms with Crippen molar-refractivity contribution in [3.05, 3.63) is 45.4 Å². The van der Waals surface area contributed by atoms with Crippen LogP contribution in [0.25, 0.3) is 0 Å². The molecule has 0 aliphatic carbocycles. The van der Waals surface area contributed by atoms with Crippen molar-refractivity contribution in [2.45, 2.75) is 26.4 Å². The Balaban J connectivity index is 1.69. The molecule has 0 saturated heterocycles. The third-order valence-corrected chi connectivity index (χ3v) is 4.61. The number of halogens is 2. The van der Waals surface area contributed by atoms with Crippen LogP contribution in [0.1, 0.15) is 19.4 Å². The van der Waals surface area contributed by atoms with Gasteiger partial charge in [-0.15, -0.1) is 0 Å². The van der Waals surface area contributed by atoms with E-state index in [0.29, 0.717) is 28.8 Å². The van der Waals surface area contributed by atoms with Gasteiger partial charge in [0.15, 0.2) is 6.61 Å². The normalized spacial score (nSPS) is 15.2. The summed E-state index contributed by atoms with van der Waals surface area (Å²) in [4.78, 5) is 12.3. The van der Waals surface area contributed by atoms with Gasteiger partial charge in [-0.1, -0.05) is 27.5 Å². The number of benzene rings is 2. The standard InChI is InChI=1S/C19H19BrClNO4/c1-3-24-18-7-12-6-11(2)26-17(12)9-15(18)22-19(23)10-25-16-5-4-13(20)8-14(16)21/h4-5,7-9,11H,3,6,10H2,1-2H3,(H,22,23). The molecule has 1 amide bonds. The summed E-state index contributed by atoms with van der Waals surface area (Å²) in [6, 6.07) is 8.93. The fourth-order valence-corrected chi connectivity index (χ4v) is 3.46. The number of carbonyl (C=O) groups is 1. The van der Waals surface area contributed by atoms with Gasteiger partial charge < -0.3 is 19.5 Å². The maximum absolute atomic E-state index is 12.3. The van der Waals surface area contributed by atoms with Crippen LogP contribution < -0.4 is 19.5 Å². The molecule has 1 atom stereocenters. The number of hydrogen-bond acceptors (Lipinski definition) is 4. The van der Waals surface area contributed by atoms with Crippen molar-refractivity contribution in [1.29, 1.82) is 0 Å². The summed E-state index contributed by atoms with van der Waals surface area (Å²) >= 11 is 9.42. The second kappa shape index (κ2) is 8.18. The highest BCUT2D eigenvalue weighted by Gasteiger charge is 2.22. The zero-order valence-electron chi connectivity index (χ0n) is 14.5. The monoisotopic (exact) mass is 439 g/mol. The summed E-state index contributed by atoms with van der Waals surface area (Å²) in [6.07, 6.45) is 0.947. The minimum atomic E-state index is -0.309. The Hall–Kier alpha value is -1.92. The summed E-state index contributed by atoms with van der Waals surface area (Å²) in [6.45, 7) is 4.25. The van der Waals surface area contributed by atoms with Crippen LogP contribution in [0, 0.1) is 0 Å². The smallest absolute Gasteiger partial charge is 0.262 e. The quantitative estimate of drug-likeness (QED) is 0.698. The van der Waals surface area contributed by atoms with Gasteiger partial charge in [-0.05, 0) is 38.1 Å². The Labute approximate surface area is 165 Å². The second-order valence-corrected chi connectivity index (χ2v) is 7.26. The van der Waals surface area contributed by atoms with Gasteiger partial charge in [-0.25, -0.2) is 0 Å². The SMILES string of the molecule is CCOc1cc2c(cc1NC(=O)COc1ccc(Br)cc1Cl)OC(C)C2. The first-order valence-corrected chi connectivity index (χ1v) is 9.47. The van der Waals surface area contributed by atoms with Crippen molar-refractivity contribution in [3.63, 3.8) is 0 Å². The van der Waals surface area contributed by atoms with Crippen LogP contribution in [-0.2, 0) is 11.2 Å². The van der Waals surface area contributed by atoms with Gasteiger partial charge in [-0.3, -0.25) is 4.79 Å². The average molecular weight is 441 g/mol. The van der Waals surface area contributed by atoms with Crippen LogP contribution in [0.2, 0.25) is 5.02 Å². The van der Waals surface area contributed by atoms with Crippen LogP contribution in [-0.4, -0.2) is 25.2 Å². The van der Waals surface area contributed by atoms with E-state index in [1.807, 2.05) is 19.9 Å². The molecule has 1 unspecified atom stereocenters. The number of amides is 1. The van der Waals surface area contributed by atoms with Gasteiger partial charge >= 0.3 is 0 Å². The third-order valence-electron chi connectivity index (χ3n) is 3.82. The fourth-order valence-electron chi connectivity index (χ4n) is 2.73. The lowest BCUT2D eigenvalue weighted by molar-refractivity contribution is -0.118. The van der Waals surface area contributed by atoms with E-state index >= 15 is 0 Å². The molecule has 0 aromatic heterocycles. The highest BCUT2D eigenvalue weighted by atomic mass is 79.9. The molecule has 0 saturated carbocycles. The maximum Gasteiger partial charge on any atom is 0.262 e. The van der Waals surface area contributed by atoms with Crippen molar-refractivity contribution >= 4 is 39.1 Å². The Morgan fingerprint density at radius 1 is 1.31 bits per heavy atom. The van der Waals surface area contributed by atoms with Gasteiger partial charge in [0.1, 0.15) is 23.4 Å². The van der Waals surface area contributed by atoms with Crippen LogP contribution in [0.5, 0.6) is 17.2 Å². The maximum atomic E-state index is 12.3. The highest BCUT2D eigenvalue weighted by Crippen LogP contribution is 2.38. The lowest BCUT2D eigenvalue weighted by Crippen LogP contribution is -2.20. The molecule has 26 heavy (non-hydrogen) atoms. The number of anilines is 1. The molecular formula is C19H19BrClNO4. The Morgan fingerprint density at radius 3 is 2.85 bits per heavy atom. The first kappa shape index (κ1) is 18.9. The molecule has 2 aromatic rings. The molecule has 3 rings (SSSR count). The predicted molar refractivity (Wildman–Crippen MR) is 105 cm³/mol. The molecule has 2 aromatic carbocycles. The lowest BCUT2D eigenvalue weighted by Gasteiger charge is -2.14. The molecular weight excluding hydrogens is 422 g/mol. The molecule has 0 spiro atoms. The molecule has 5 nitrogen and oxygen atoms in total. The summed E-state index contributed by atoms with van der Waals surface area (Å²) in [5, 5.41) is 3.25. The highest BCUT2D eigenvalue weighted by molar-refractivity contribution is 9.10. The molecule has 7 heteroatoms. The molecule has 0 fully saturated rings. The third kappa shape index (κ3) is 4.43. The van der Waals surface area contributed by atoms with E-state index in [9.17, 15) is 4.79 Å². The van der Waals surface area contributed by atoms with E-state index in [1.54, 1.807) is 24.3 Å². The van der Waals surface area contributed by atoms with E-state index < -0.39 is 0 Å². The number of hydrogen-bond donors (Lipinski definition) is 1. The van der Waals surface area contributed by atoms with Gasteiger partial charge in [0.05, 0.1) is 17.3 Å². The topological polar surface area (TPSA) is 56.8 Å². The summed E-state index contributed by atoms with van der Waals surface area (Å²) in [7, 11) is 0. The van der Waals surface area contributed by atoms with E-state index in [-0.39, 0.29) is 18.6 Å². The van der Waals surface area contributed by atoms with Crippen LogP contribution in [0.3, 0.4) is 0 Å². The minimum absolute atomic E-state index is 0.119. The van der Waals surface area contributed by atoms with E-state index in [0.717, 1.165) is 22.2 Å². The van der Waals surface area contributed by atoms with Crippen molar-refractivity contribution in [3.8, 4) is 17.2 Å². The number of ether oxygens (including phenoxy) is 3. The van der Waals surface area contributed by atoms with E-state index in [1.165, 1.54) is 0 Å². The van der Waals surface area contributed by atoms with Crippen LogP contribution in [0.4, 0.5) is 5.69 Å².